The van der Waals surface area contributed by atoms with Crippen molar-refractivity contribution in [3.8, 4) is 0 Å². The van der Waals surface area contributed by atoms with Gasteiger partial charge in [0.2, 0.25) is 0 Å². The van der Waals surface area contributed by atoms with Gasteiger partial charge in [-0.15, -0.1) is 0 Å². The number of carbonyl (C=O) groups is 2. The Morgan fingerprint density at radius 2 is 0.783 bits per heavy atom. The lowest BCUT2D eigenvalue weighted by molar-refractivity contribution is -0.111. The van der Waals surface area contributed by atoms with Gasteiger partial charge >= 0.3 is 0 Å². The average Bonchev–Trinajstić information content (AvgIpc) is 3.03. The van der Waals surface area contributed by atoms with Gasteiger partial charge in [0, 0.05) is 12.8 Å². The summed E-state index contributed by atoms with van der Waals surface area (Å²) in [6.45, 7) is 5.46. The molecular weight excluding hydrogens is 603 g/mol. The smallest absolute Gasteiger partial charge is 0.190 e. The van der Waals surface area contributed by atoms with Gasteiger partial charge in [-0.1, -0.05) is 164 Å². The molecule has 0 atom stereocenters. The molecule has 46 heavy (non-hydrogen) atoms. The summed E-state index contributed by atoms with van der Waals surface area (Å²) in [6.07, 6.45) is 44.7. The molecule has 0 radical (unpaired) electrons. The largest absolute Gasteiger partial charge is 0.309 e. The van der Waals surface area contributed by atoms with E-state index in [2.05, 4.69) is 57.1 Å². The van der Waals surface area contributed by atoms with E-state index >= 15 is 0 Å². The first-order valence-corrected chi connectivity index (χ1v) is 21.6. The number of hydrogen-bond acceptors (Lipinski definition) is 5. The van der Waals surface area contributed by atoms with E-state index in [-0.39, 0.29) is 14.8 Å². The van der Waals surface area contributed by atoms with Crippen molar-refractivity contribution in [1.82, 2.24) is 4.90 Å². The second-order valence-corrected chi connectivity index (χ2v) is 16.5. The van der Waals surface area contributed by atoms with Gasteiger partial charge in [0.1, 0.15) is 0 Å². The summed E-state index contributed by atoms with van der Waals surface area (Å²) in [5.41, 5.74) is 0. The minimum Gasteiger partial charge on any atom is -0.309 e. The molecule has 0 saturated heterocycles. The molecule has 0 saturated carbocycles. The maximum Gasteiger partial charge on any atom is 0.190 e. The van der Waals surface area contributed by atoms with E-state index in [9.17, 15) is 9.59 Å². The van der Waals surface area contributed by atoms with Crippen LogP contribution in [-0.2, 0) is 9.59 Å². The highest BCUT2D eigenvalue weighted by Gasteiger charge is 2.19. The molecule has 0 heterocycles. The van der Waals surface area contributed by atoms with Crippen LogP contribution < -0.4 is 0 Å². The molecule has 270 valence electrons. The minimum atomic E-state index is 0.0497. The molecule has 0 spiro atoms. The van der Waals surface area contributed by atoms with Crippen molar-refractivity contribution in [3.05, 3.63) is 24.3 Å². The Labute approximate surface area is 296 Å². The number of unbranched alkanes of at least 4 members (excludes halogenated alkanes) is 22. The molecule has 0 aliphatic heterocycles. The molecule has 3 nitrogen and oxygen atoms in total. The molecule has 0 bridgehead atoms. The van der Waals surface area contributed by atoms with Crippen LogP contribution in [0.15, 0.2) is 24.3 Å². The maximum absolute atomic E-state index is 12.7. The number of hydrogen-bond donors (Lipinski definition) is 0. The Morgan fingerprint density at radius 3 is 1.11 bits per heavy atom. The van der Waals surface area contributed by atoms with Crippen LogP contribution in [0.1, 0.15) is 200 Å². The van der Waals surface area contributed by atoms with Crippen LogP contribution in [0.3, 0.4) is 0 Å². The van der Waals surface area contributed by atoms with Gasteiger partial charge in [0.15, 0.2) is 10.2 Å². The van der Waals surface area contributed by atoms with E-state index in [1.54, 1.807) is 0 Å². The maximum atomic E-state index is 12.7. The second kappa shape index (κ2) is 37.3. The number of carbonyl (C=O) groups excluding carboxylic acids is 2. The van der Waals surface area contributed by atoms with Crippen molar-refractivity contribution in [1.29, 1.82) is 0 Å². The highest BCUT2D eigenvalue weighted by Crippen LogP contribution is 2.31. The Bertz CT molecular complexity index is 667. The van der Waals surface area contributed by atoms with Gasteiger partial charge in [0.25, 0.3) is 0 Å². The lowest BCUT2D eigenvalue weighted by Crippen LogP contribution is -2.18. The summed E-state index contributed by atoms with van der Waals surface area (Å²) in [6, 6.07) is 0. The van der Waals surface area contributed by atoms with Crippen molar-refractivity contribution >= 4 is 33.8 Å². The van der Waals surface area contributed by atoms with Crippen molar-refractivity contribution in [2.24, 2.45) is 0 Å². The van der Waals surface area contributed by atoms with Crippen LogP contribution in [0.2, 0.25) is 0 Å². The second-order valence-electron chi connectivity index (χ2n) is 13.7. The van der Waals surface area contributed by atoms with Crippen LogP contribution in [0.25, 0.3) is 0 Å². The topological polar surface area (TPSA) is 37.4 Å². The average molecular weight is 680 g/mol. The fourth-order valence-corrected chi connectivity index (χ4v) is 7.99. The third kappa shape index (κ3) is 36.3. The lowest BCUT2D eigenvalue weighted by atomic mass is 10.1. The zero-order chi connectivity index (χ0) is 33.8. The molecule has 0 aromatic heterocycles. The minimum absolute atomic E-state index is 0.0497. The number of rotatable bonds is 35. The predicted octanol–water partition coefficient (Wildman–Crippen LogP) is 13.9. The summed E-state index contributed by atoms with van der Waals surface area (Å²) >= 11 is 2.85. The first-order chi connectivity index (χ1) is 22.5. The van der Waals surface area contributed by atoms with Crippen LogP contribution >= 0.6 is 23.5 Å². The van der Waals surface area contributed by atoms with E-state index in [1.807, 2.05) is 0 Å². The summed E-state index contributed by atoms with van der Waals surface area (Å²) in [7, 11) is 4.12. The third-order valence-corrected chi connectivity index (χ3v) is 11.1. The van der Waals surface area contributed by atoms with Gasteiger partial charge in [0.05, 0.1) is 4.58 Å². The summed E-state index contributed by atoms with van der Waals surface area (Å²) < 4.78 is 0.0497. The molecule has 0 unspecified atom stereocenters. The lowest BCUT2D eigenvalue weighted by Gasteiger charge is -2.17. The predicted molar refractivity (Wildman–Crippen MR) is 211 cm³/mol. The Hall–Kier alpha value is -0.520. The Balaban J connectivity index is 3.89. The standard InChI is InChI=1S/C41H77NO2S2/c1-5-7-9-11-13-15-17-19-21-23-25-27-29-31-33-35-39(43)45-41(37-38-42(3)4)46-40(44)36-34-32-30-28-26-24-22-20-18-16-14-12-10-8-6-2/h19-22,41H,5-18,23-38H2,1-4H3/b21-19-,22-20-. The molecule has 0 N–H and O–H groups in total. The molecule has 0 rings (SSSR count). The molecular formula is C41H77NO2S2. The van der Waals surface area contributed by atoms with E-state index in [4.69, 9.17) is 0 Å². The van der Waals surface area contributed by atoms with E-state index in [0.717, 1.165) is 38.6 Å². The monoisotopic (exact) mass is 680 g/mol. The summed E-state index contributed by atoms with van der Waals surface area (Å²) in [5.74, 6) is 0. The molecule has 0 fully saturated rings. The van der Waals surface area contributed by atoms with Crippen LogP contribution in [-0.4, -0.2) is 40.4 Å². The first kappa shape index (κ1) is 45.5. The highest BCUT2D eigenvalue weighted by atomic mass is 32.2. The molecule has 0 aromatic rings. The van der Waals surface area contributed by atoms with Crippen molar-refractivity contribution in [3.63, 3.8) is 0 Å². The molecule has 0 aliphatic carbocycles. The number of allylic oxidation sites excluding steroid dienone is 4. The van der Waals surface area contributed by atoms with E-state index in [1.165, 1.54) is 165 Å². The number of thioether (sulfide) groups is 2. The van der Waals surface area contributed by atoms with E-state index < -0.39 is 0 Å². The van der Waals surface area contributed by atoms with E-state index in [0.29, 0.717) is 12.8 Å². The van der Waals surface area contributed by atoms with Gasteiger partial charge in [-0.05, 0) is 91.3 Å². The summed E-state index contributed by atoms with van der Waals surface area (Å²) in [5, 5.41) is 0.533. The van der Waals surface area contributed by atoms with Crippen LogP contribution in [0.5, 0.6) is 0 Å². The van der Waals surface area contributed by atoms with Gasteiger partial charge in [-0.25, -0.2) is 0 Å². The van der Waals surface area contributed by atoms with Crippen molar-refractivity contribution < 1.29 is 9.59 Å². The molecule has 5 heteroatoms. The highest BCUT2D eigenvalue weighted by molar-refractivity contribution is 8.29. The van der Waals surface area contributed by atoms with Crippen molar-refractivity contribution in [2.45, 2.75) is 205 Å². The first-order valence-electron chi connectivity index (χ1n) is 19.8. The number of nitrogens with zero attached hydrogens (tertiary/aromatic N) is 1. The SMILES string of the molecule is CCCCCCCC/C=C\CCCCCCCC(=O)SC(CCN(C)C)SC(=O)CCCCCCC/C=C\CCCCCCCC. The van der Waals surface area contributed by atoms with Gasteiger partial charge in [-0.3, -0.25) is 9.59 Å². The van der Waals surface area contributed by atoms with Gasteiger partial charge < -0.3 is 4.90 Å². The van der Waals surface area contributed by atoms with Crippen molar-refractivity contribution in [2.75, 3.05) is 20.6 Å². The zero-order valence-corrected chi connectivity index (χ0v) is 32.8. The zero-order valence-electron chi connectivity index (χ0n) is 31.2. The molecule has 0 aliphatic rings. The van der Waals surface area contributed by atoms with Gasteiger partial charge in [-0.2, -0.15) is 0 Å². The molecule has 0 aromatic carbocycles. The quantitative estimate of drug-likeness (QED) is 0.0378. The molecule has 0 amide bonds. The summed E-state index contributed by atoms with van der Waals surface area (Å²) in [4.78, 5) is 27.6. The third-order valence-electron chi connectivity index (χ3n) is 8.62. The Kier molecular flexibility index (Phi) is 36.9. The van der Waals surface area contributed by atoms with Crippen LogP contribution in [0.4, 0.5) is 0 Å². The normalized spacial score (nSPS) is 12.0. The fourth-order valence-electron chi connectivity index (χ4n) is 5.60. The fraction of sp³-hybridized carbons (Fsp3) is 0.854. The Morgan fingerprint density at radius 1 is 0.478 bits per heavy atom. The van der Waals surface area contributed by atoms with Crippen LogP contribution in [0, 0.1) is 0 Å².